The molecule has 0 bridgehead atoms. The van der Waals surface area contributed by atoms with Crippen LogP contribution in [0.4, 0.5) is 0 Å². The normalized spacial score (nSPS) is 11.6. The summed E-state index contributed by atoms with van der Waals surface area (Å²) in [6, 6.07) is 12.9. The highest BCUT2D eigenvalue weighted by molar-refractivity contribution is 5.89. The zero-order chi connectivity index (χ0) is 20.1. The maximum atomic E-state index is 12.9. The first kappa shape index (κ1) is 19.7. The van der Waals surface area contributed by atoms with Crippen LogP contribution in [-0.4, -0.2) is 14.2 Å². The van der Waals surface area contributed by atoms with Gasteiger partial charge in [0.25, 0.3) is 0 Å². The molecule has 28 heavy (non-hydrogen) atoms. The number of hydrogen-bond acceptors (Lipinski definition) is 4. The van der Waals surface area contributed by atoms with Crippen molar-refractivity contribution in [3.63, 3.8) is 0 Å². The molecule has 0 N–H and O–H groups in total. The molecule has 0 saturated heterocycles. The second-order valence-corrected chi connectivity index (χ2v) is 6.81. The summed E-state index contributed by atoms with van der Waals surface area (Å²) in [5.74, 6) is 1.64. The predicted octanol–water partition coefficient (Wildman–Crippen LogP) is 5.77. The van der Waals surface area contributed by atoms with Crippen LogP contribution < -0.4 is 14.9 Å². The number of rotatable bonds is 7. The lowest BCUT2D eigenvalue weighted by Gasteiger charge is -2.14. The van der Waals surface area contributed by atoms with Crippen molar-refractivity contribution in [2.24, 2.45) is 0 Å². The molecule has 0 unspecified atom stereocenters. The van der Waals surface area contributed by atoms with Crippen molar-refractivity contribution < 1.29 is 13.9 Å². The van der Waals surface area contributed by atoms with Crippen LogP contribution in [0.2, 0.25) is 0 Å². The molecule has 3 aromatic rings. The van der Waals surface area contributed by atoms with Crippen LogP contribution in [-0.2, 0) is 6.42 Å². The van der Waals surface area contributed by atoms with E-state index in [0.29, 0.717) is 34.6 Å². The van der Waals surface area contributed by atoms with E-state index in [1.165, 1.54) is 11.6 Å². The number of ether oxygens (including phenoxy) is 2. The molecule has 4 nitrogen and oxygen atoms in total. The van der Waals surface area contributed by atoms with Gasteiger partial charge in [0.1, 0.15) is 28.2 Å². The fourth-order valence-corrected chi connectivity index (χ4v) is 3.38. The van der Waals surface area contributed by atoms with Gasteiger partial charge in [0.2, 0.25) is 0 Å². The van der Waals surface area contributed by atoms with Crippen LogP contribution in [0.25, 0.3) is 22.3 Å². The quantitative estimate of drug-likeness (QED) is 0.490. The molecule has 4 heteroatoms. The zero-order valence-electron chi connectivity index (χ0n) is 16.9. The van der Waals surface area contributed by atoms with Crippen molar-refractivity contribution in [1.29, 1.82) is 0 Å². The average Bonchev–Trinajstić information content (AvgIpc) is 2.72. The lowest BCUT2D eigenvalue weighted by Crippen LogP contribution is -2.06. The molecule has 0 saturated carbocycles. The minimum atomic E-state index is -0.130. The summed E-state index contributed by atoms with van der Waals surface area (Å²) in [5.41, 5.74) is 3.39. The standard InChI is InChI=1S/C24H26O4/c1-5-9-16(2)12-13-18-21(26-3)15-22(27-4)23-19(25)14-20(28-24(18)23)17-10-7-6-8-11-17/h6-8,10-12,14-15H,5,9,13H2,1-4H3/b16-12+. The minimum absolute atomic E-state index is 0.130. The van der Waals surface area contributed by atoms with Gasteiger partial charge in [0.05, 0.1) is 14.2 Å². The Hall–Kier alpha value is -3.01. The smallest absolute Gasteiger partial charge is 0.197 e. The van der Waals surface area contributed by atoms with Gasteiger partial charge in [-0.3, -0.25) is 4.79 Å². The van der Waals surface area contributed by atoms with Crippen LogP contribution >= 0.6 is 0 Å². The summed E-state index contributed by atoms with van der Waals surface area (Å²) in [4.78, 5) is 12.9. The Labute approximate surface area is 165 Å². The molecule has 1 heterocycles. The van der Waals surface area contributed by atoms with Gasteiger partial charge in [-0.1, -0.05) is 55.3 Å². The van der Waals surface area contributed by atoms with Crippen molar-refractivity contribution in [1.82, 2.24) is 0 Å². The predicted molar refractivity (Wildman–Crippen MR) is 113 cm³/mol. The summed E-state index contributed by atoms with van der Waals surface area (Å²) < 4.78 is 17.3. The van der Waals surface area contributed by atoms with Gasteiger partial charge in [0.15, 0.2) is 5.43 Å². The maximum absolute atomic E-state index is 12.9. The summed E-state index contributed by atoms with van der Waals surface area (Å²) in [5, 5.41) is 0.444. The maximum Gasteiger partial charge on any atom is 0.197 e. The molecule has 0 spiro atoms. The molecule has 0 atom stereocenters. The van der Waals surface area contributed by atoms with E-state index in [1.807, 2.05) is 30.3 Å². The highest BCUT2D eigenvalue weighted by Gasteiger charge is 2.19. The van der Waals surface area contributed by atoms with Gasteiger partial charge < -0.3 is 13.9 Å². The Morgan fingerprint density at radius 1 is 1.07 bits per heavy atom. The monoisotopic (exact) mass is 378 g/mol. The van der Waals surface area contributed by atoms with Crippen LogP contribution in [0, 0.1) is 0 Å². The third kappa shape index (κ3) is 3.96. The lowest BCUT2D eigenvalue weighted by atomic mass is 10.0. The molecule has 2 aromatic carbocycles. The van der Waals surface area contributed by atoms with Gasteiger partial charge in [-0.15, -0.1) is 0 Å². The van der Waals surface area contributed by atoms with E-state index in [0.717, 1.165) is 24.0 Å². The van der Waals surface area contributed by atoms with Gasteiger partial charge in [0, 0.05) is 23.3 Å². The van der Waals surface area contributed by atoms with Crippen molar-refractivity contribution in [3.05, 3.63) is 69.9 Å². The average molecular weight is 378 g/mol. The van der Waals surface area contributed by atoms with Gasteiger partial charge in [-0.05, 0) is 19.8 Å². The van der Waals surface area contributed by atoms with E-state index in [9.17, 15) is 4.79 Å². The van der Waals surface area contributed by atoms with E-state index in [4.69, 9.17) is 13.9 Å². The first-order valence-electron chi connectivity index (χ1n) is 9.51. The first-order valence-corrected chi connectivity index (χ1v) is 9.51. The van der Waals surface area contributed by atoms with E-state index in [-0.39, 0.29) is 5.43 Å². The van der Waals surface area contributed by atoms with E-state index < -0.39 is 0 Å². The van der Waals surface area contributed by atoms with Gasteiger partial charge in [-0.2, -0.15) is 0 Å². The van der Waals surface area contributed by atoms with Crippen molar-refractivity contribution in [3.8, 4) is 22.8 Å². The summed E-state index contributed by atoms with van der Waals surface area (Å²) in [6.45, 7) is 4.28. The van der Waals surface area contributed by atoms with Crippen LogP contribution in [0.3, 0.4) is 0 Å². The summed E-state index contributed by atoms with van der Waals surface area (Å²) in [6.07, 6.45) is 4.92. The molecule has 1 aromatic heterocycles. The summed E-state index contributed by atoms with van der Waals surface area (Å²) >= 11 is 0. The third-order valence-corrected chi connectivity index (χ3v) is 4.82. The highest BCUT2D eigenvalue weighted by Crippen LogP contribution is 2.36. The molecule has 0 radical (unpaired) electrons. The van der Waals surface area contributed by atoms with Crippen LogP contribution in [0.15, 0.2) is 63.3 Å². The van der Waals surface area contributed by atoms with E-state index in [1.54, 1.807) is 20.3 Å². The second-order valence-electron chi connectivity index (χ2n) is 6.81. The van der Waals surface area contributed by atoms with Crippen molar-refractivity contribution in [2.45, 2.75) is 33.1 Å². The minimum Gasteiger partial charge on any atom is -0.496 e. The lowest BCUT2D eigenvalue weighted by molar-refractivity contribution is 0.393. The molecule has 0 aliphatic rings. The first-order chi connectivity index (χ1) is 13.6. The Bertz CT molecular complexity index is 1050. The fraction of sp³-hybridized carbons (Fsp3) is 0.292. The van der Waals surface area contributed by atoms with Gasteiger partial charge >= 0.3 is 0 Å². The molecule has 146 valence electrons. The SMILES string of the molecule is CCC/C(C)=C/Cc1c(OC)cc(OC)c2c(=O)cc(-c3ccccc3)oc12. The number of allylic oxidation sites excluding steroid dienone is 2. The number of methoxy groups -OCH3 is 2. The third-order valence-electron chi connectivity index (χ3n) is 4.82. The van der Waals surface area contributed by atoms with Crippen LogP contribution in [0.5, 0.6) is 11.5 Å². The van der Waals surface area contributed by atoms with E-state index in [2.05, 4.69) is 19.9 Å². The topological polar surface area (TPSA) is 48.7 Å². The molecular weight excluding hydrogens is 352 g/mol. The fourth-order valence-electron chi connectivity index (χ4n) is 3.38. The molecular formula is C24H26O4. The number of hydrogen-bond donors (Lipinski definition) is 0. The Morgan fingerprint density at radius 3 is 2.43 bits per heavy atom. The molecule has 0 amide bonds. The zero-order valence-corrected chi connectivity index (χ0v) is 16.9. The van der Waals surface area contributed by atoms with Crippen molar-refractivity contribution in [2.75, 3.05) is 14.2 Å². The largest absolute Gasteiger partial charge is 0.496 e. The van der Waals surface area contributed by atoms with Crippen molar-refractivity contribution >= 4 is 11.0 Å². The second kappa shape index (κ2) is 8.79. The molecule has 0 aliphatic heterocycles. The van der Waals surface area contributed by atoms with Crippen LogP contribution in [0.1, 0.15) is 32.3 Å². The number of benzene rings is 2. The molecule has 3 rings (SSSR count). The van der Waals surface area contributed by atoms with E-state index >= 15 is 0 Å². The Kier molecular flexibility index (Phi) is 6.19. The molecule has 0 aliphatic carbocycles. The highest BCUT2D eigenvalue weighted by atomic mass is 16.5. The molecule has 0 fully saturated rings. The number of fused-ring (bicyclic) bond motifs is 1. The Balaban J connectivity index is 2.28. The van der Waals surface area contributed by atoms with Gasteiger partial charge in [-0.25, -0.2) is 0 Å². The Morgan fingerprint density at radius 2 is 1.79 bits per heavy atom. The summed E-state index contributed by atoms with van der Waals surface area (Å²) in [7, 11) is 3.16.